The lowest BCUT2D eigenvalue weighted by Crippen LogP contribution is -2.19. The van der Waals surface area contributed by atoms with Gasteiger partial charge >= 0.3 is 6.01 Å². The maximum absolute atomic E-state index is 10.00. The Balaban J connectivity index is 1.81. The number of aliphatic hydroxyl groups is 1. The van der Waals surface area contributed by atoms with E-state index in [1.165, 1.54) is 0 Å². The summed E-state index contributed by atoms with van der Waals surface area (Å²) in [4.78, 5) is 4.62. The third-order valence-electron chi connectivity index (χ3n) is 4.85. The Morgan fingerprint density at radius 2 is 1.94 bits per heavy atom. The SMILES string of the molecule is C=CCCC(O)CNc1ccc(-n2nc(OCCOC)nc2-c2ccccc2C)cc1. The van der Waals surface area contributed by atoms with E-state index in [1.807, 2.05) is 61.5 Å². The van der Waals surface area contributed by atoms with E-state index in [9.17, 15) is 5.11 Å². The normalized spacial score (nSPS) is 11.8. The van der Waals surface area contributed by atoms with E-state index in [0.29, 0.717) is 38.0 Å². The van der Waals surface area contributed by atoms with Crippen LogP contribution in [-0.4, -0.2) is 52.8 Å². The molecule has 3 aromatic rings. The summed E-state index contributed by atoms with van der Waals surface area (Å²) in [5.41, 5.74) is 3.89. The highest BCUT2D eigenvalue weighted by atomic mass is 16.5. The number of nitrogens with zero attached hydrogens (tertiary/aromatic N) is 3. The molecule has 0 saturated heterocycles. The molecule has 0 amide bonds. The lowest BCUT2D eigenvalue weighted by Gasteiger charge is -2.13. The van der Waals surface area contributed by atoms with Gasteiger partial charge in [-0.2, -0.15) is 4.98 Å². The average Bonchev–Trinajstić information content (AvgIpc) is 3.21. The fourth-order valence-electron chi connectivity index (χ4n) is 3.12. The highest BCUT2D eigenvalue weighted by Crippen LogP contribution is 2.26. The highest BCUT2D eigenvalue weighted by molar-refractivity contribution is 5.63. The number of aromatic nitrogens is 3. The minimum absolute atomic E-state index is 0.308. The molecule has 0 aliphatic rings. The van der Waals surface area contributed by atoms with E-state index >= 15 is 0 Å². The van der Waals surface area contributed by atoms with Gasteiger partial charge in [-0.25, -0.2) is 4.68 Å². The van der Waals surface area contributed by atoms with Crippen LogP contribution in [0.15, 0.2) is 61.2 Å². The maximum Gasteiger partial charge on any atom is 0.336 e. The largest absolute Gasteiger partial charge is 0.460 e. The summed E-state index contributed by atoms with van der Waals surface area (Å²) in [5.74, 6) is 0.714. The van der Waals surface area contributed by atoms with Crippen molar-refractivity contribution in [3.63, 3.8) is 0 Å². The molecule has 0 radical (unpaired) electrons. The smallest absolute Gasteiger partial charge is 0.336 e. The summed E-state index contributed by atoms with van der Waals surface area (Å²) >= 11 is 0. The molecule has 0 fully saturated rings. The molecule has 0 aliphatic carbocycles. The van der Waals surface area contributed by atoms with Crippen molar-refractivity contribution in [2.24, 2.45) is 0 Å². The zero-order chi connectivity index (χ0) is 22.1. The summed E-state index contributed by atoms with van der Waals surface area (Å²) in [5, 5.41) is 17.8. The van der Waals surface area contributed by atoms with Crippen molar-refractivity contribution < 1.29 is 14.6 Å². The van der Waals surface area contributed by atoms with Crippen LogP contribution >= 0.6 is 0 Å². The molecule has 164 valence electrons. The first kappa shape index (κ1) is 22.5. The van der Waals surface area contributed by atoms with Crippen LogP contribution < -0.4 is 10.1 Å². The standard InChI is InChI=1S/C24H30N4O3/c1-4-5-9-21(29)17-25-19-11-13-20(14-12-19)28-23(22-10-7-6-8-18(22)2)26-24(27-28)31-16-15-30-3/h4,6-8,10-14,21,25,29H,1,5,9,15-17H2,2-3H3. The molecular weight excluding hydrogens is 392 g/mol. The van der Waals surface area contributed by atoms with Gasteiger partial charge in [-0.1, -0.05) is 30.3 Å². The Labute approximate surface area is 183 Å². The van der Waals surface area contributed by atoms with Crippen molar-refractivity contribution in [1.82, 2.24) is 14.8 Å². The average molecular weight is 423 g/mol. The quantitative estimate of drug-likeness (QED) is 0.339. The third kappa shape index (κ3) is 6.16. The monoisotopic (exact) mass is 422 g/mol. The van der Waals surface area contributed by atoms with Gasteiger partial charge in [0.15, 0.2) is 5.82 Å². The molecule has 0 spiro atoms. The number of hydrogen-bond acceptors (Lipinski definition) is 6. The van der Waals surface area contributed by atoms with E-state index < -0.39 is 6.10 Å². The van der Waals surface area contributed by atoms with Gasteiger partial charge in [-0.05, 0) is 49.6 Å². The number of methoxy groups -OCH3 is 1. The molecule has 7 heteroatoms. The van der Waals surface area contributed by atoms with Crippen LogP contribution in [0.3, 0.4) is 0 Å². The van der Waals surface area contributed by atoms with E-state index in [-0.39, 0.29) is 0 Å². The Morgan fingerprint density at radius 1 is 1.16 bits per heavy atom. The van der Waals surface area contributed by atoms with Crippen LogP contribution in [0.1, 0.15) is 18.4 Å². The van der Waals surface area contributed by atoms with Crippen molar-refractivity contribution >= 4 is 5.69 Å². The molecule has 2 N–H and O–H groups in total. The van der Waals surface area contributed by atoms with Gasteiger partial charge in [0.05, 0.1) is 18.4 Å². The van der Waals surface area contributed by atoms with E-state index in [1.54, 1.807) is 11.8 Å². The van der Waals surface area contributed by atoms with E-state index in [0.717, 1.165) is 28.9 Å². The van der Waals surface area contributed by atoms with Gasteiger partial charge in [-0.15, -0.1) is 11.7 Å². The minimum atomic E-state index is -0.410. The number of hydrogen-bond donors (Lipinski definition) is 2. The fourth-order valence-corrected chi connectivity index (χ4v) is 3.12. The lowest BCUT2D eigenvalue weighted by molar-refractivity contribution is 0.141. The molecule has 0 aliphatic heterocycles. The van der Waals surface area contributed by atoms with Crippen LogP contribution in [0.5, 0.6) is 6.01 Å². The first-order valence-electron chi connectivity index (χ1n) is 10.4. The molecule has 0 saturated carbocycles. The topological polar surface area (TPSA) is 81.4 Å². The molecule has 1 aromatic heterocycles. The Morgan fingerprint density at radius 3 is 2.65 bits per heavy atom. The second-order valence-electron chi connectivity index (χ2n) is 7.23. The van der Waals surface area contributed by atoms with Crippen molar-refractivity contribution in [2.45, 2.75) is 25.9 Å². The van der Waals surface area contributed by atoms with Gasteiger partial charge in [0.2, 0.25) is 0 Å². The molecule has 1 atom stereocenters. The molecular formula is C24H30N4O3. The van der Waals surface area contributed by atoms with Gasteiger partial charge in [0.1, 0.15) is 6.61 Å². The van der Waals surface area contributed by atoms with E-state index in [2.05, 4.69) is 22.0 Å². The maximum atomic E-state index is 10.00. The summed E-state index contributed by atoms with van der Waals surface area (Å²) in [6.45, 7) is 7.07. The lowest BCUT2D eigenvalue weighted by atomic mass is 10.1. The Hall–Kier alpha value is -3.16. The zero-order valence-corrected chi connectivity index (χ0v) is 18.1. The molecule has 1 unspecified atom stereocenters. The van der Waals surface area contributed by atoms with Crippen LogP contribution in [0.25, 0.3) is 17.1 Å². The predicted molar refractivity (Wildman–Crippen MR) is 123 cm³/mol. The second-order valence-corrected chi connectivity index (χ2v) is 7.23. The molecule has 0 bridgehead atoms. The number of aryl methyl sites for hydroxylation is 1. The fraction of sp³-hybridized carbons (Fsp3) is 0.333. The first-order chi connectivity index (χ1) is 15.1. The summed E-state index contributed by atoms with van der Waals surface area (Å²) in [6, 6.07) is 16.2. The zero-order valence-electron chi connectivity index (χ0n) is 18.1. The van der Waals surface area contributed by atoms with Crippen LogP contribution in [0, 0.1) is 6.92 Å². The third-order valence-corrected chi connectivity index (χ3v) is 4.85. The van der Waals surface area contributed by atoms with Crippen molar-refractivity contribution in [1.29, 1.82) is 0 Å². The number of allylic oxidation sites excluding steroid dienone is 1. The Kier molecular flexibility index (Phi) is 8.20. The number of nitrogens with one attached hydrogen (secondary N) is 1. The number of rotatable bonds is 12. The van der Waals surface area contributed by atoms with Crippen LogP contribution in [-0.2, 0) is 4.74 Å². The number of aliphatic hydroxyl groups excluding tert-OH is 1. The van der Waals surface area contributed by atoms with Crippen molar-refractivity contribution in [2.75, 3.05) is 32.2 Å². The van der Waals surface area contributed by atoms with Gasteiger partial charge in [0.25, 0.3) is 0 Å². The molecule has 3 rings (SSSR count). The number of benzene rings is 2. The number of anilines is 1. The summed E-state index contributed by atoms with van der Waals surface area (Å²) in [7, 11) is 1.63. The summed E-state index contributed by atoms with van der Waals surface area (Å²) < 4.78 is 12.5. The van der Waals surface area contributed by atoms with Crippen LogP contribution in [0.2, 0.25) is 0 Å². The van der Waals surface area contributed by atoms with E-state index in [4.69, 9.17) is 9.47 Å². The van der Waals surface area contributed by atoms with Crippen LogP contribution in [0.4, 0.5) is 5.69 Å². The van der Waals surface area contributed by atoms with Gasteiger partial charge in [0, 0.05) is 24.9 Å². The molecule has 31 heavy (non-hydrogen) atoms. The Bertz CT molecular complexity index is 969. The molecule has 7 nitrogen and oxygen atoms in total. The number of ether oxygens (including phenoxy) is 2. The molecule has 1 heterocycles. The summed E-state index contributed by atoms with van der Waals surface area (Å²) in [6.07, 6.45) is 2.89. The van der Waals surface area contributed by atoms with Gasteiger partial charge < -0.3 is 19.9 Å². The van der Waals surface area contributed by atoms with Gasteiger partial charge in [-0.3, -0.25) is 0 Å². The van der Waals surface area contributed by atoms with Crippen molar-refractivity contribution in [3.05, 3.63) is 66.7 Å². The minimum Gasteiger partial charge on any atom is -0.460 e. The second kappa shape index (κ2) is 11.3. The predicted octanol–water partition coefficient (Wildman–Crippen LogP) is 4.01. The first-order valence-corrected chi connectivity index (χ1v) is 10.4. The molecule has 2 aromatic carbocycles. The highest BCUT2D eigenvalue weighted by Gasteiger charge is 2.16. The van der Waals surface area contributed by atoms with Crippen molar-refractivity contribution in [3.8, 4) is 23.1 Å².